The number of aromatic nitrogens is 3. The summed E-state index contributed by atoms with van der Waals surface area (Å²) in [5.41, 5.74) is 7.63. The Labute approximate surface area is 190 Å². The number of hydrogen-bond donors (Lipinski definition) is 2. The topological polar surface area (TPSA) is 73.9 Å². The molecule has 0 spiro atoms. The highest BCUT2D eigenvalue weighted by Gasteiger charge is 2.31. The van der Waals surface area contributed by atoms with Crippen LogP contribution in [-0.2, 0) is 0 Å². The van der Waals surface area contributed by atoms with Crippen molar-refractivity contribution in [1.82, 2.24) is 20.5 Å². The largest absolute Gasteiger partial charge is 0.350 e. The van der Waals surface area contributed by atoms with Crippen molar-refractivity contribution in [3.05, 3.63) is 102 Å². The van der Waals surface area contributed by atoms with Crippen LogP contribution in [0.4, 0.5) is 5.69 Å². The normalized spacial score (nSPS) is 15.4. The Morgan fingerprint density at radius 1 is 0.848 bits per heavy atom. The fraction of sp³-hybridized carbons (Fsp3) is 0.0741. The van der Waals surface area contributed by atoms with E-state index in [-0.39, 0.29) is 12.1 Å². The zero-order chi connectivity index (χ0) is 22.4. The van der Waals surface area contributed by atoms with Gasteiger partial charge in [0, 0.05) is 24.2 Å². The van der Waals surface area contributed by atoms with Crippen LogP contribution in [0.15, 0.2) is 91.3 Å². The molecule has 0 saturated heterocycles. The van der Waals surface area contributed by atoms with E-state index in [1.807, 2.05) is 61.8 Å². The number of hydrogen-bond acceptors (Lipinski definition) is 4. The fourth-order valence-electron chi connectivity index (χ4n) is 4.60. The molecule has 1 amide bonds. The minimum absolute atomic E-state index is 0.0826. The number of amides is 1. The second-order valence-corrected chi connectivity index (χ2v) is 8.16. The molecule has 33 heavy (non-hydrogen) atoms. The number of benzene rings is 3. The van der Waals surface area contributed by atoms with Crippen LogP contribution in [-0.4, -0.2) is 28.1 Å². The molecule has 1 aliphatic rings. The van der Waals surface area contributed by atoms with E-state index < -0.39 is 0 Å². The van der Waals surface area contributed by atoms with E-state index >= 15 is 0 Å². The lowest BCUT2D eigenvalue weighted by Crippen LogP contribution is -2.44. The van der Waals surface area contributed by atoms with Crippen molar-refractivity contribution in [3.63, 3.8) is 0 Å². The van der Waals surface area contributed by atoms with Gasteiger partial charge in [0.2, 0.25) is 0 Å². The van der Waals surface area contributed by atoms with Crippen LogP contribution in [0, 0.1) is 0 Å². The summed E-state index contributed by atoms with van der Waals surface area (Å²) in [6, 6.07) is 26.2. The quantitative estimate of drug-likeness (QED) is 0.413. The fourth-order valence-corrected chi connectivity index (χ4v) is 4.60. The van der Waals surface area contributed by atoms with Gasteiger partial charge in [-0.15, -0.1) is 0 Å². The zero-order valence-corrected chi connectivity index (χ0v) is 18.0. The molecule has 160 valence electrons. The van der Waals surface area contributed by atoms with Crippen molar-refractivity contribution >= 4 is 22.5 Å². The third-order valence-electron chi connectivity index (χ3n) is 6.28. The van der Waals surface area contributed by atoms with Crippen LogP contribution in [0.2, 0.25) is 0 Å². The molecule has 1 atom stereocenters. The number of pyridine rings is 1. The molecular formula is C27H21N5O. The van der Waals surface area contributed by atoms with Gasteiger partial charge in [-0.25, -0.2) is 0 Å². The number of para-hydroxylation sites is 2. The molecule has 2 aromatic heterocycles. The zero-order valence-electron chi connectivity index (χ0n) is 18.0. The van der Waals surface area contributed by atoms with E-state index in [4.69, 9.17) is 0 Å². The summed E-state index contributed by atoms with van der Waals surface area (Å²) < 4.78 is 0. The first-order valence-corrected chi connectivity index (χ1v) is 10.8. The Bertz CT molecular complexity index is 1480. The van der Waals surface area contributed by atoms with Gasteiger partial charge < -0.3 is 10.2 Å². The number of carbonyl (C=O) groups is 1. The molecule has 0 fully saturated rings. The van der Waals surface area contributed by atoms with Crippen LogP contribution >= 0.6 is 0 Å². The monoisotopic (exact) mass is 431 g/mol. The van der Waals surface area contributed by atoms with E-state index in [2.05, 4.69) is 55.7 Å². The van der Waals surface area contributed by atoms with Crippen molar-refractivity contribution in [2.45, 2.75) is 6.17 Å². The number of nitrogens with one attached hydrogen (secondary N) is 2. The summed E-state index contributed by atoms with van der Waals surface area (Å²) in [6.45, 7) is 0. The molecule has 6 heteroatoms. The second kappa shape index (κ2) is 7.60. The molecule has 5 aromatic rings. The molecule has 3 aromatic carbocycles. The lowest BCUT2D eigenvalue weighted by atomic mass is 9.97. The van der Waals surface area contributed by atoms with Crippen molar-refractivity contribution < 1.29 is 4.79 Å². The van der Waals surface area contributed by atoms with Crippen molar-refractivity contribution in [1.29, 1.82) is 0 Å². The van der Waals surface area contributed by atoms with Gasteiger partial charge in [0.1, 0.15) is 6.17 Å². The number of aromatic amines is 1. The molecule has 3 heterocycles. The molecule has 0 aliphatic carbocycles. The summed E-state index contributed by atoms with van der Waals surface area (Å²) in [5, 5.41) is 11.7. The van der Waals surface area contributed by atoms with Gasteiger partial charge in [0.25, 0.3) is 5.91 Å². The van der Waals surface area contributed by atoms with E-state index in [0.717, 1.165) is 44.5 Å². The Hall–Kier alpha value is -4.45. The van der Waals surface area contributed by atoms with Crippen molar-refractivity contribution in [2.75, 3.05) is 11.9 Å². The highest BCUT2D eigenvalue weighted by atomic mass is 16.2. The first-order chi connectivity index (χ1) is 16.2. The Morgan fingerprint density at radius 2 is 1.61 bits per heavy atom. The summed E-state index contributed by atoms with van der Waals surface area (Å²) in [7, 11) is 1.98. The second-order valence-electron chi connectivity index (χ2n) is 8.16. The molecule has 1 aliphatic heterocycles. The summed E-state index contributed by atoms with van der Waals surface area (Å²) in [4.78, 5) is 19.3. The van der Waals surface area contributed by atoms with Gasteiger partial charge in [0.15, 0.2) is 0 Å². The van der Waals surface area contributed by atoms with Gasteiger partial charge in [-0.2, -0.15) is 5.10 Å². The number of nitrogens with zero attached hydrogens (tertiary/aromatic N) is 3. The van der Waals surface area contributed by atoms with Gasteiger partial charge >= 0.3 is 0 Å². The maximum atomic E-state index is 12.7. The lowest BCUT2D eigenvalue weighted by molar-refractivity contribution is 0.0928. The number of carbonyl (C=O) groups excluding carboxylic acids is 1. The lowest BCUT2D eigenvalue weighted by Gasteiger charge is -2.36. The highest BCUT2D eigenvalue weighted by Crippen LogP contribution is 2.36. The van der Waals surface area contributed by atoms with E-state index in [9.17, 15) is 4.79 Å². The maximum absolute atomic E-state index is 12.7. The smallest absolute Gasteiger partial charge is 0.255 e. The van der Waals surface area contributed by atoms with Gasteiger partial charge in [-0.3, -0.25) is 14.9 Å². The molecule has 6 nitrogen and oxygen atoms in total. The predicted molar refractivity (Wildman–Crippen MR) is 130 cm³/mol. The van der Waals surface area contributed by atoms with Crippen LogP contribution < -0.4 is 10.2 Å². The van der Waals surface area contributed by atoms with Crippen LogP contribution in [0.5, 0.6) is 0 Å². The summed E-state index contributed by atoms with van der Waals surface area (Å²) in [6.07, 6.45) is 3.32. The Balaban J connectivity index is 1.37. The Kier molecular flexibility index (Phi) is 4.43. The molecule has 0 saturated carbocycles. The highest BCUT2D eigenvalue weighted by molar-refractivity contribution is 6.02. The summed E-state index contributed by atoms with van der Waals surface area (Å²) >= 11 is 0. The van der Waals surface area contributed by atoms with Crippen LogP contribution in [0.1, 0.15) is 22.1 Å². The molecule has 2 N–H and O–H groups in total. The predicted octanol–water partition coefficient (Wildman–Crippen LogP) is 5.17. The minimum Gasteiger partial charge on any atom is -0.350 e. The average Bonchev–Trinajstić information content (AvgIpc) is 3.36. The number of H-pyrrole nitrogens is 1. The molecule has 1 unspecified atom stereocenters. The number of anilines is 1. The van der Waals surface area contributed by atoms with Crippen molar-refractivity contribution in [3.8, 4) is 22.4 Å². The van der Waals surface area contributed by atoms with Crippen LogP contribution in [0.25, 0.3) is 33.3 Å². The van der Waals surface area contributed by atoms with E-state index in [1.165, 1.54) is 0 Å². The molecule has 0 bridgehead atoms. The van der Waals surface area contributed by atoms with E-state index in [1.54, 1.807) is 6.20 Å². The first kappa shape index (κ1) is 19.3. The summed E-state index contributed by atoms with van der Waals surface area (Å²) in [5.74, 6) is -0.0826. The van der Waals surface area contributed by atoms with Crippen molar-refractivity contribution in [2.24, 2.45) is 0 Å². The van der Waals surface area contributed by atoms with E-state index in [0.29, 0.717) is 5.56 Å². The first-order valence-electron chi connectivity index (χ1n) is 10.8. The number of fused-ring (bicyclic) bond motifs is 2. The average molecular weight is 431 g/mol. The molecule has 0 radical (unpaired) electrons. The van der Waals surface area contributed by atoms with Gasteiger partial charge in [0.05, 0.1) is 28.7 Å². The molecule has 6 rings (SSSR count). The standard InChI is InChI=1S/C27H21N5O/c1-32-24-9-5-3-7-21(24)27(33)30-26(32)22-16-29-31-25(22)18-12-10-17(11-13-18)19-14-15-28-23-8-4-2-6-20(19)23/h2-16,26H,1H3,(H,29,31)(H,30,33). The maximum Gasteiger partial charge on any atom is 0.255 e. The number of rotatable bonds is 3. The van der Waals surface area contributed by atoms with Crippen LogP contribution in [0.3, 0.4) is 0 Å². The minimum atomic E-state index is -0.315. The van der Waals surface area contributed by atoms with Gasteiger partial charge in [-0.1, -0.05) is 54.6 Å². The Morgan fingerprint density at radius 3 is 2.48 bits per heavy atom. The third-order valence-corrected chi connectivity index (χ3v) is 6.28. The van der Waals surface area contributed by atoms with Gasteiger partial charge in [-0.05, 0) is 41.0 Å². The molecular weight excluding hydrogens is 410 g/mol. The SMILES string of the molecule is CN1c2ccccc2C(=O)NC1c1cn[nH]c1-c1ccc(-c2ccnc3ccccc23)cc1. The third kappa shape index (κ3) is 3.15.